The molecule has 2 aromatic heterocycles. The zero-order valence-corrected chi connectivity index (χ0v) is 19.3. The van der Waals surface area contributed by atoms with Crippen LogP contribution in [0.1, 0.15) is 37.2 Å². The molecule has 0 radical (unpaired) electrons. The number of benzene rings is 1. The summed E-state index contributed by atoms with van der Waals surface area (Å²) in [5.41, 5.74) is 0.520. The van der Waals surface area contributed by atoms with Gasteiger partial charge in [-0.2, -0.15) is 11.3 Å². The maximum Gasteiger partial charge on any atom is 0.328 e. The molecule has 5 rings (SSSR count). The number of hydrogen-bond donors (Lipinski definition) is 2. The third-order valence-corrected chi connectivity index (χ3v) is 7.97. The summed E-state index contributed by atoms with van der Waals surface area (Å²) in [5.74, 6) is -1.87. The first-order valence-electron chi connectivity index (χ1n) is 10.2. The summed E-state index contributed by atoms with van der Waals surface area (Å²) < 4.78 is 5.07. The lowest BCUT2D eigenvalue weighted by Crippen LogP contribution is -2.68. The van der Waals surface area contributed by atoms with Crippen LogP contribution in [0.5, 0.6) is 5.75 Å². The van der Waals surface area contributed by atoms with Crippen LogP contribution >= 0.6 is 23.1 Å². The van der Waals surface area contributed by atoms with E-state index in [4.69, 9.17) is 4.74 Å². The molecule has 1 aromatic carbocycles. The molecular weight excluding hydrogens is 464 g/mol. The second kappa shape index (κ2) is 8.27. The Morgan fingerprint density at radius 1 is 1.24 bits per heavy atom. The lowest BCUT2D eigenvalue weighted by molar-refractivity contribution is -0.153. The first-order valence-corrected chi connectivity index (χ1v) is 12.0. The molecule has 0 spiro atoms. The molecule has 2 fully saturated rings. The number of thioether (sulfide) groups is 1. The lowest BCUT2D eigenvalue weighted by atomic mass is 9.94. The fourth-order valence-electron chi connectivity index (χ4n) is 4.21. The molecule has 3 aromatic rings. The number of H-pyrrole nitrogens is 1. The second-order valence-electron chi connectivity index (χ2n) is 8.26. The smallest absolute Gasteiger partial charge is 0.328 e. The van der Waals surface area contributed by atoms with E-state index in [1.807, 2.05) is 13.8 Å². The zero-order chi connectivity index (χ0) is 23.2. The van der Waals surface area contributed by atoms with Crippen LogP contribution in [0.3, 0.4) is 0 Å². The molecule has 2 amide bonds. The number of fused-ring (bicyclic) bond motifs is 1. The van der Waals surface area contributed by atoms with Gasteiger partial charge in [0.15, 0.2) is 11.7 Å². The van der Waals surface area contributed by atoms with Gasteiger partial charge in [0.2, 0.25) is 11.8 Å². The third-order valence-electron chi connectivity index (χ3n) is 5.70. The van der Waals surface area contributed by atoms with Crippen molar-refractivity contribution < 1.29 is 19.1 Å². The van der Waals surface area contributed by atoms with Gasteiger partial charge in [-0.25, -0.2) is 5.10 Å². The summed E-state index contributed by atoms with van der Waals surface area (Å²) in [6.07, 6.45) is 0. The van der Waals surface area contributed by atoms with Crippen molar-refractivity contribution in [3.8, 4) is 5.75 Å². The van der Waals surface area contributed by atoms with Gasteiger partial charge in [0, 0.05) is 4.75 Å². The maximum atomic E-state index is 13.3. The van der Waals surface area contributed by atoms with Gasteiger partial charge in [-0.05, 0) is 58.8 Å². The van der Waals surface area contributed by atoms with E-state index in [0.29, 0.717) is 17.1 Å². The van der Waals surface area contributed by atoms with E-state index in [2.05, 4.69) is 25.9 Å². The first-order chi connectivity index (χ1) is 15.9. The molecule has 2 N–H and O–H groups in total. The second-order valence-corrected chi connectivity index (χ2v) is 10.8. The predicted octanol–water partition coefficient (Wildman–Crippen LogP) is 1.87. The molecule has 4 atom stereocenters. The van der Waals surface area contributed by atoms with Crippen LogP contribution in [-0.2, 0) is 14.4 Å². The number of carbonyl (C=O) groups is 3. The van der Waals surface area contributed by atoms with Crippen LogP contribution in [0.15, 0.2) is 47.2 Å². The van der Waals surface area contributed by atoms with Gasteiger partial charge in [0.25, 0.3) is 0 Å². The summed E-state index contributed by atoms with van der Waals surface area (Å²) in [6, 6.07) is 9.17. The van der Waals surface area contributed by atoms with E-state index in [-0.39, 0.29) is 22.1 Å². The molecule has 12 heteroatoms. The number of para-hydroxylation sites is 1. The summed E-state index contributed by atoms with van der Waals surface area (Å²) in [6.45, 7) is 4.00. The Bertz CT molecular complexity index is 1170. The summed E-state index contributed by atoms with van der Waals surface area (Å²) >= 11 is 2.93. The van der Waals surface area contributed by atoms with Crippen molar-refractivity contribution in [2.75, 3.05) is 0 Å². The van der Waals surface area contributed by atoms with Gasteiger partial charge in [0.05, 0.1) is 0 Å². The highest BCUT2D eigenvalue weighted by atomic mass is 32.2. The summed E-state index contributed by atoms with van der Waals surface area (Å²) in [7, 11) is 0. The van der Waals surface area contributed by atoms with Crippen molar-refractivity contribution in [1.29, 1.82) is 0 Å². The molecule has 170 valence electrons. The van der Waals surface area contributed by atoms with Crippen LogP contribution in [0.25, 0.3) is 0 Å². The number of thiophene rings is 1. The van der Waals surface area contributed by atoms with Crippen molar-refractivity contribution in [1.82, 2.24) is 30.8 Å². The number of rotatable bonds is 6. The molecule has 4 heterocycles. The maximum absolute atomic E-state index is 13.3. The molecule has 0 aliphatic carbocycles. The number of ether oxygens (including phenoxy) is 1. The van der Waals surface area contributed by atoms with Crippen molar-refractivity contribution >= 4 is 40.9 Å². The zero-order valence-electron chi connectivity index (χ0n) is 17.7. The van der Waals surface area contributed by atoms with E-state index in [0.717, 1.165) is 0 Å². The average molecular weight is 485 g/mol. The molecule has 2 saturated heterocycles. The first kappa shape index (κ1) is 21.6. The summed E-state index contributed by atoms with van der Waals surface area (Å²) in [5, 5.41) is 20.0. The van der Waals surface area contributed by atoms with Crippen LogP contribution in [0.4, 0.5) is 0 Å². The minimum atomic E-state index is -1.19. The highest BCUT2D eigenvalue weighted by Gasteiger charge is 2.63. The van der Waals surface area contributed by atoms with Gasteiger partial charge in [0.1, 0.15) is 23.2 Å². The molecule has 0 bridgehead atoms. The van der Waals surface area contributed by atoms with Gasteiger partial charge in [-0.3, -0.25) is 14.4 Å². The number of tetrazole rings is 1. The fourth-order valence-corrected chi connectivity index (χ4v) is 6.53. The number of aromatic amines is 1. The number of carbonyl (C=O) groups excluding carboxylic acids is 3. The Hall–Kier alpha value is -3.25. The highest BCUT2D eigenvalue weighted by Crippen LogP contribution is 2.56. The number of aromatic nitrogens is 4. The van der Waals surface area contributed by atoms with E-state index in [1.54, 1.807) is 63.8 Å². The molecule has 2 aliphatic heterocycles. The topological polar surface area (TPSA) is 130 Å². The Kier molecular flexibility index (Phi) is 5.41. The van der Waals surface area contributed by atoms with Gasteiger partial charge >= 0.3 is 5.97 Å². The standard InChI is InChI=1S/C21H20N6O4S2/c1-21(2)15(16-23-25-26-24-16)27-18(29)14(19(27)33-21)22-17(28)13(11-8-9-32-10-11)20(30)31-12-6-4-3-5-7-12/h3-10,13-15,19H,1-2H3,(H,22,28)(H,23,24,25,26)/t13?,14?,15?,19-/m0/s1. The lowest BCUT2D eigenvalue weighted by Gasteiger charge is -2.44. The number of amides is 2. The van der Waals surface area contributed by atoms with E-state index >= 15 is 0 Å². The average Bonchev–Trinajstić information content (AvgIpc) is 3.53. The quantitative estimate of drug-likeness (QED) is 0.235. The molecule has 33 heavy (non-hydrogen) atoms. The van der Waals surface area contributed by atoms with Crippen LogP contribution in [0.2, 0.25) is 0 Å². The van der Waals surface area contributed by atoms with Crippen molar-refractivity contribution in [3.05, 3.63) is 58.5 Å². The molecule has 0 saturated carbocycles. The normalized spacial score (nSPS) is 24.0. The highest BCUT2D eigenvalue weighted by molar-refractivity contribution is 8.01. The van der Waals surface area contributed by atoms with Crippen LogP contribution in [0, 0.1) is 0 Å². The molecule has 2 aliphatic rings. The predicted molar refractivity (Wildman–Crippen MR) is 120 cm³/mol. The number of nitrogens with zero attached hydrogens (tertiary/aromatic N) is 4. The Morgan fingerprint density at radius 3 is 2.70 bits per heavy atom. The number of esters is 1. The van der Waals surface area contributed by atoms with E-state index < -0.39 is 23.8 Å². The number of β-lactam (4-membered cyclic amide) rings is 1. The summed E-state index contributed by atoms with van der Waals surface area (Å²) in [4.78, 5) is 40.9. The number of hydrogen-bond acceptors (Lipinski definition) is 9. The SMILES string of the molecule is CC1(C)S[C@H]2C(NC(=O)C(C(=O)Oc3ccccc3)c3ccsc3)C(=O)N2C1c1nnn[nH]1. The largest absolute Gasteiger partial charge is 0.426 e. The Morgan fingerprint density at radius 2 is 2.03 bits per heavy atom. The number of nitrogens with one attached hydrogen (secondary N) is 2. The molecule has 10 nitrogen and oxygen atoms in total. The Labute approximate surface area is 197 Å². The van der Waals surface area contributed by atoms with E-state index in [1.165, 1.54) is 11.3 Å². The molecular formula is C21H20N6O4S2. The van der Waals surface area contributed by atoms with Gasteiger partial charge in [-0.1, -0.05) is 18.2 Å². The van der Waals surface area contributed by atoms with E-state index in [9.17, 15) is 14.4 Å². The third kappa shape index (κ3) is 3.78. The van der Waals surface area contributed by atoms with Gasteiger partial charge in [-0.15, -0.1) is 16.9 Å². The molecule has 3 unspecified atom stereocenters. The Balaban J connectivity index is 1.34. The van der Waals surface area contributed by atoms with Crippen molar-refractivity contribution in [2.45, 2.75) is 42.0 Å². The van der Waals surface area contributed by atoms with Gasteiger partial charge < -0.3 is 15.0 Å². The fraction of sp³-hybridized carbons (Fsp3) is 0.333. The van der Waals surface area contributed by atoms with Crippen molar-refractivity contribution in [3.63, 3.8) is 0 Å². The van der Waals surface area contributed by atoms with Crippen LogP contribution < -0.4 is 10.1 Å². The minimum absolute atomic E-state index is 0.242. The minimum Gasteiger partial charge on any atom is -0.426 e. The van der Waals surface area contributed by atoms with Crippen molar-refractivity contribution in [2.24, 2.45) is 0 Å². The monoisotopic (exact) mass is 484 g/mol. The van der Waals surface area contributed by atoms with Crippen LogP contribution in [-0.4, -0.2) is 59.5 Å².